The number of benzene rings is 3. The number of carbonyl (C=O) groups excluding carboxylic acids is 1. The van der Waals surface area contributed by atoms with Crippen LogP contribution in [0.3, 0.4) is 0 Å². The van der Waals surface area contributed by atoms with E-state index in [9.17, 15) is 10.0 Å². The standard InChI is InChI=1S/C18H15NO2/c1-13-6-8-15(9-7-13)18(20)19(21)17-11-10-14-4-2-3-5-16(14)12-17/h2-12,21H,1H3. The molecule has 1 N–H and O–H groups in total. The van der Waals surface area contributed by atoms with Gasteiger partial charge in [-0.15, -0.1) is 0 Å². The van der Waals surface area contributed by atoms with Gasteiger partial charge in [0.2, 0.25) is 0 Å². The molecule has 0 spiro atoms. The fourth-order valence-corrected chi connectivity index (χ4v) is 2.24. The fourth-order valence-electron chi connectivity index (χ4n) is 2.24. The maximum Gasteiger partial charge on any atom is 0.281 e. The molecule has 104 valence electrons. The van der Waals surface area contributed by atoms with E-state index < -0.39 is 5.91 Å². The highest BCUT2D eigenvalue weighted by molar-refractivity contribution is 6.05. The Hall–Kier alpha value is -2.65. The molecule has 0 saturated carbocycles. The lowest BCUT2D eigenvalue weighted by Gasteiger charge is -2.15. The molecule has 0 unspecified atom stereocenters. The summed E-state index contributed by atoms with van der Waals surface area (Å²) in [6, 6.07) is 20.3. The number of carbonyl (C=O) groups is 1. The zero-order valence-corrected chi connectivity index (χ0v) is 11.7. The van der Waals surface area contributed by atoms with E-state index in [4.69, 9.17) is 0 Å². The Kier molecular flexibility index (Phi) is 3.42. The summed E-state index contributed by atoms with van der Waals surface area (Å²) >= 11 is 0. The van der Waals surface area contributed by atoms with Crippen LogP contribution in [0.5, 0.6) is 0 Å². The van der Waals surface area contributed by atoms with Gasteiger partial charge in [-0.25, -0.2) is 0 Å². The Morgan fingerprint density at radius 3 is 2.29 bits per heavy atom. The van der Waals surface area contributed by atoms with Gasteiger partial charge in [0.25, 0.3) is 5.91 Å². The average molecular weight is 277 g/mol. The summed E-state index contributed by atoms with van der Waals surface area (Å²) in [4.78, 5) is 12.3. The normalized spacial score (nSPS) is 10.6. The van der Waals surface area contributed by atoms with E-state index in [-0.39, 0.29) is 0 Å². The van der Waals surface area contributed by atoms with E-state index in [0.29, 0.717) is 16.3 Å². The molecule has 21 heavy (non-hydrogen) atoms. The Balaban J connectivity index is 1.93. The van der Waals surface area contributed by atoms with Gasteiger partial charge in [-0.1, -0.05) is 48.0 Å². The molecular weight excluding hydrogens is 262 g/mol. The van der Waals surface area contributed by atoms with E-state index in [2.05, 4.69) is 0 Å². The molecule has 3 aromatic carbocycles. The third-order valence-electron chi connectivity index (χ3n) is 3.47. The summed E-state index contributed by atoms with van der Waals surface area (Å²) in [5.41, 5.74) is 1.98. The van der Waals surface area contributed by atoms with Crippen molar-refractivity contribution in [1.29, 1.82) is 0 Å². The average Bonchev–Trinajstić information content (AvgIpc) is 2.54. The first kappa shape index (κ1) is 13.3. The van der Waals surface area contributed by atoms with Gasteiger partial charge in [-0.05, 0) is 42.0 Å². The summed E-state index contributed by atoms with van der Waals surface area (Å²) in [5, 5.41) is 12.9. The van der Waals surface area contributed by atoms with Crippen molar-refractivity contribution in [3.05, 3.63) is 77.9 Å². The van der Waals surface area contributed by atoms with Gasteiger partial charge < -0.3 is 0 Å². The predicted molar refractivity (Wildman–Crippen MR) is 83.7 cm³/mol. The maximum absolute atomic E-state index is 12.3. The summed E-state index contributed by atoms with van der Waals surface area (Å²) < 4.78 is 0. The minimum atomic E-state index is -0.440. The van der Waals surface area contributed by atoms with Crippen LogP contribution in [-0.2, 0) is 0 Å². The molecule has 0 radical (unpaired) electrons. The number of amides is 1. The van der Waals surface area contributed by atoms with Gasteiger partial charge in [-0.3, -0.25) is 10.0 Å². The van der Waals surface area contributed by atoms with Crippen LogP contribution in [-0.4, -0.2) is 11.1 Å². The Morgan fingerprint density at radius 1 is 0.905 bits per heavy atom. The SMILES string of the molecule is Cc1ccc(C(=O)N(O)c2ccc3ccccc3c2)cc1. The van der Waals surface area contributed by atoms with E-state index >= 15 is 0 Å². The highest BCUT2D eigenvalue weighted by atomic mass is 16.5. The van der Waals surface area contributed by atoms with Crippen LogP contribution < -0.4 is 5.06 Å². The van der Waals surface area contributed by atoms with Crippen molar-refractivity contribution in [2.24, 2.45) is 0 Å². The molecule has 0 aliphatic carbocycles. The number of fused-ring (bicyclic) bond motifs is 1. The van der Waals surface area contributed by atoms with Crippen molar-refractivity contribution in [2.75, 3.05) is 5.06 Å². The molecule has 3 heteroatoms. The molecule has 0 saturated heterocycles. The fraction of sp³-hybridized carbons (Fsp3) is 0.0556. The second-order valence-corrected chi connectivity index (χ2v) is 5.01. The number of hydrogen-bond donors (Lipinski definition) is 1. The summed E-state index contributed by atoms with van der Waals surface area (Å²) in [7, 11) is 0. The lowest BCUT2D eigenvalue weighted by atomic mass is 10.1. The van der Waals surface area contributed by atoms with E-state index in [1.165, 1.54) is 0 Å². The third kappa shape index (κ3) is 2.64. The van der Waals surface area contributed by atoms with Gasteiger partial charge in [0.1, 0.15) is 0 Å². The summed E-state index contributed by atoms with van der Waals surface area (Å²) in [6.45, 7) is 1.95. The first-order chi connectivity index (χ1) is 10.1. The lowest BCUT2D eigenvalue weighted by Crippen LogP contribution is -2.26. The minimum Gasteiger partial charge on any atom is -0.281 e. The molecule has 0 aliphatic heterocycles. The quantitative estimate of drug-likeness (QED) is 0.563. The molecule has 0 aliphatic rings. The van der Waals surface area contributed by atoms with Gasteiger partial charge in [0, 0.05) is 5.56 Å². The highest BCUT2D eigenvalue weighted by Crippen LogP contribution is 2.22. The molecule has 3 rings (SSSR count). The van der Waals surface area contributed by atoms with Crippen molar-refractivity contribution in [2.45, 2.75) is 6.92 Å². The van der Waals surface area contributed by atoms with Crippen molar-refractivity contribution in [3.8, 4) is 0 Å². The van der Waals surface area contributed by atoms with Crippen molar-refractivity contribution in [3.63, 3.8) is 0 Å². The number of hydrogen-bond acceptors (Lipinski definition) is 2. The maximum atomic E-state index is 12.3. The minimum absolute atomic E-state index is 0.440. The molecule has 0 aromatic heterocycles. The smallest absolute Gasteiger partial charge is 0.281 e. The first-order valence-electron chi connectivity index (χ1n) is 6.74. The van der Waals surface area contributed by atoms with Gasteiger partial charge in [-0.2, -0.15) is 5.06 Å². The lowest BCUT2D eigenvalue weighted by molar-refractivity contribution is 0.0855. The molecule has 0 bridgehead atoms. The first-order valence-corrected chi connectivity index (χ1v) is 6.74. The van der Waals surface area contributed by atoms with Crippen LogP contribution in [0.25, 0.3) is 10.8 Å². The van der Waals surface area contributed by atoms with Crippen LogP contribution in [0, 0.1) is 6.92 Å². The van der Waals surface area contributed by atoms with Crippen molar-refractivity contribution in [1.82, 2.24) is 0 Å². The Labute approximate surface area is 123 Å². The van der Waals surface area contributed by atoms with E-state index in [0.717, 1.165) is 16.3 Å². The molecular formula is C18H15NO2. The number of nitrogens with zero attached hydrogens (tertiary/aromatic N) is 1. The van der Waals surface area contributed by atoms with Gasteiger partial charge in [0.15, 0.2) is 0 Å². The molecule has 3 aromatic rings. The van der Waals surface area contributed by atoms with E-state index in [1.807, 2.05) is 49.4 Å². The summed E-state index contributed by atoms with van der Waals surface area (Å²) in [5.74, 6) is -0.440. The Bertz CT molecular complexity index is 794. The molecule has 0 atom stereocenters. The summed E-state index contributed by atoms with van der Waals surface area (Å²) in [6.07, 6.45) is 0. The zero-order chi connectivity index (χ0) is 14.8. The monoisotopic (exact) mass is 277 g/mol. The largest absolute Gasteiger partial charge is 0.281 e. The van der Waals surface area contributed by atoms with Gasteiger partial charge in [0.05, 0.1) is 5.69 Å². The van der Waals surface area contributed by atoms with Crippen LogP contribution >= 0.6 is 0 Å². The van der Waals surface area contributed by atoms with Crippen molar-refractivity contribution < 1.29 is 10.0 Å². The second kappa shape index (κ2) is 5.38. The van der Waals surface area contributed by atoms with E-state index in [1.54, 1.807) is 24.3 Å². The molecule has 3 nitrogen and oxygen atoms in total. The van der Waals surface area contributed by atoms with Crippen LogP contribution in [0.15, 0.2) is 66.7 Å². The Morgan fingerprint density at radius 2 is 1.57 bits per heavy atom. The highest BCUT2D eigenvalue weighted by Gasteiger charge is 2.15. The number of aryl methyl sites for hydroxylation is 1. The number of anilines is 1. The number of hydroxylamine groups is 1. The van der Waals surface area contributed by atoms with Crippen LogP contribution in [0.4, 0.5) is 5.69 Å². The molecule has 0 fully saturated rings. The third-order valence-corrected chi connectivity index (χ3v) is 3.47. The predicted octanol–water partition coefficient (Wildman–Crippen LogP) is 4.18. The van der Waals surface area contributed by atoms with Crippen LogP contribution in [0.2, 0.25) is 0 Å². The van der Waals surface area contributed by atoms with Gasteiger partial charge >= 0.3 is 0 Å². The zero-order valence-electron chi connectivity index (χ0n) is 11.7. The molecule has 1 amide bonds. The number of rotatable bonds is 2. The van der Waals surface area contributed by atoms with Crippen molar-refractivity contribution >= 4 is 22.4 Å². The molecule has 0 heterocycles. The topological polar surface area (TPSA) is 40.5 Å². The van der Waals surface area contributed by atoms with Crippen LogP contribution in [0.1, 0.15) is 15.9 Å². The second-order valence-electron chi connectivity index (χ2n) is 5.01.